The van der Waals surface area contributed by atoms with Crippen molar-refractivity contribution in [1.29, 1.82) is 0 Å². The Hall–Kier alpha value is -2.56. The molecule has 0 fully saturated rings. The zero-order chi connectivity index (χ0) is 15.4. The first-order valence-electron chi connectivity index (χ1n) is 7.37. The van der Waals surface area contributed by atoms with Gasteiger partial charge in [0, 0.05) is 23.0 Å². The van der Waals surface area contributed by atoms with Crippen LogP contribution in [0.2, 0.25) is 0 Å². The van der Waals surface area contributed by atoms with Crippen LogP contribution in [0.4, 0.5) is 0 Å². The van der Waals surface area contributed by atoms with E-state index in [1.54, 1.807) is 7.11 Å². The summed E-state index contributed by atoms with van der Waals surface area (Å²) < 4.78 is 7.47. The molecule has 4 rings (SSSR count). The van der Waals surface area contributed by atoms with Gasteiger partial charge in [0.2, 0.25) is 0 Å². The molecule has 0 aliphatic carbocycles. The van der Waals surface area contributed by atoms with Gasteiger partial charge in [-0.1, -0.05) is 0 Å². The molecule has 0 saturated heterocycles. The van der Waals surface area contributed by atoms with Crippen molar-refractivity contribution in [2.75, 3.05) is 7.11 Å². The molecule has 0 saturated carbocycles. The highest BCUT2D eigenvalue weighted by Crippen LogP contribution is 2.36. The molecule has 5 nitrogen and oxygen atoms in total. The Morgan fingerprint density at radius 1 is 1.32 bits per heavy atom. The van der Waals surface area contributed by atoms with Crippen LogP contribution in [0.25, 0.3) is 22.3 Å². The minimum Gasteiger partial charge on any atom is -0.497 e. The molecule has 0 bridgehead atoms. The number of rotatable bonds is 1. The van der Waals surface area contributed by atoms with Gasteiger partial charge in [-0.05, 0) is 44.0 Å². The monoisotopic (exact) mass is 295 g/mol. The SMILES string of the molecule is COc1ccc2[nH]c3c(c2c1)CCn1c(C)nc(=O)c(C)c1-3. The van der Waals surface area contributed by atoms with Crippen molar-refractivity contribution >= 4 is 10.9 Å². The number of nitrogens with one attached hydrogen (secondary N) is 1. The second kappa shape index (κ2) is 4.47. The van der Waals surface area contributed by atoms with Gasteiger partial charge in [0.25, 0.3) is 5.56 Å². The van der Waals surface area contributed by atoms with E-state index in [2.05, 4.69) is 20.6 Å². The summed E-state index contributed by atoms with van der Waals surface area (Å²) in [5.74, 6) is 1.62. The third-order valence-electron chi connectivity index (χ3n) is 4.54. The van der Waals surface area contributed by atoms with E-state index < -0.39 is 0 Å². The Morgan fingerprint density at radius 2 is 2.14 bits per heavy atom. The van der Waals surface area contributed by atoms with Crippen LogP contribution in [0.1, 0.15) is 17.0 Å². The summed E-state index contributed by atoms with van der Waals surface area (Å²) >= 11 is 0. The number of aromatic amines is 1. The number of H-pyrrole nitrogens is 1. The number of hydrogen-bond donors (Lipinski definition) is 1. The summed E-state index contributed by atoms with van der Waals surface area (Å²) in [7, 11) is 1.67. The summed E-state index contributed by atoms with van der Waals surface area (Å²) in [6.07, 6.45) is 0.917. The van der Waals surface area contributed by atoms with Gasteiger partial charge in [0.1, 0.15) is 11.6 Å². The van der Waals surface area contributed by atoms with Crippen molar-refractivity contribution in [3.05, 3.63) is 45.5 Å². The van der Waals surface area contributed by atoms with Crippen LogP contribution in [-0.4, -0.2) is 21.6 Å². The fraction of sp³-hybridized carbons (Fsp3) is 0.294. The predicted molar refractivity (Wildman–Crippen MR) is 85.5 cm³/mol. The molecule has 0 radical (unpaired) electrons. The van der Waals surface area contributed by atoms with Crippen molar-refractivity contribution in [3.8, 4) is 17.1 Å². The highest BCUT2D eigenvalue weighted by Gasteiger charge is 2.24. The first-order chi connectivity index (χ1) is 10.6. The van der Waals surface area contributed by atoms with Crippen molar-refractivity contribution in [3.63, 3.8) is 0 Å². The van der Waals surface area contributed by atoms with Crippen LogP contribution in [0.3, 0.4) is 0 Å². The smallest absolute Gasteiger partial charge is 0.276 e. The molecular weight excluding hydrogens is 278 g/mol. The standard InChI is InChI=1S/C17H17N3O2/c1-9-16-15-12(6-7-20(16)10(2)18-17(9)21)13-8-11(22-3)4-5-14(13)19-15/h4-5,8,19H,6-7H2,1-3H3. The largest absolute Gasteiger partial charge is 0.497 e. The summed E-state index contributed by atoms with van der Waals surface area (Å²) in [4.78, 5) is 19.7. The topological polar surface area (TPSA) is 59.9 Å². The number of nitrogens with zero attached hydrogens (tertiary/aromatic N) is 2. The van der Waals surface area contributed by atoms with E-state index in [0.29, 0.717) is 5.56 Å². The fourth-order valence-electron chi connectivity index (χ4n) is 3.39. The van der Waals surface area contributed by atoms with Crippen molar-refractivity contribution in [1.82, 2.24) is 14.5 Å². The Balaban J connectivity index is 2.09. The van der Waals surface area contributed by atoms with Gasteiger partial charge in [-0.25, -0.2) is 0 Å². The second-order valence-corrected chi connectivity index (χ2v) is 5.73. The molecule has 22 heavy (non-hydrogen) atoms. The van der Waals surface area contributed by atoms with Gasteiger partial charge in [0.15, 0.2) is 0 Å². The van der Waals surface area contributed by atoms with Crippen molar-refractivity contribution in [2.24, 2.45) is 0 Å². The number of aryl methyl sites for hydroxylation is 2. The maximum atomic E-state index is 12.1. The number of ether oxygens (including phenoxy) is 1. The molecule has 2 aromatic heterocycles. The minimum absolute atomic E-state index is 0.146. The van der Waals surface area contributed by atoms with Crippen LogP contribution in [0, 0.1) is 13.8 Å². The zero-order valence-corrected chi connectivity index (χ0v) is 12.9. The van der Waals surface area contributed by atoms with E-state index in [1.165, 1.54) is 10.9 Å². The van der Waals surface area contributed by atoms with Gasteiger partial charge in [-0.3, -0.25) is 4.79 Å². The Kier molecular flexibility index (Phi) is 2.66. The quantitative estimate of drug-likeness (QED) is 0.750. The molecule has 1 aliphatic rings. The van der Waals surface area contributed by atoms with E-state index in [4.69, 9.17) is 4.74 Å². The summed E-state index contributed by atoms with van der Waals surface area (Å²) in [5.41, 5.74) is 4.88. The molecule has 1 aliphatic heterocycles. The summed E-state index contributed by atoms with van der Waals surface area (Å²) in [5, 5.41) is 1.17. The molecule has 112 valence electrons. The van der Waals surface area contributed by atoms with Gasteiger partial charge in [-0.15, -0.1) is 0 Å². The van der Waals surface area contributed by atoms with Crippen LogP contribution >= 0.6 is 0 Å². The van der Waals surface area contributed by atoms with Crippen LogP contribution in [0.15, 0.2) is 23.0 Å². The number of aromatic nitrogens is 3. The molecule has 0 amide bonds. The molecule has 0 spiro atoms. The zero-order valence-electron chi connectivity index (χ0n) is 12.9. The lowest BCUT2D eigenvalue weighted by atomic mass is 9.99. The molecule has 5 heteroatoms. The van der Waals surface area contributed by atoms with E-state index in [-0.39, 0.29) is 5.56 Å². The maximum absolute atomic E-state index is 12.1. The average molecular weight is 295 g/mol. The van der Waals surface area contributed by atoms with Crippen LogP contribution < -0.4 is 10.3 Å². The van der Waals surface area contributed by atoms with Gasteiger partial charge < -0.3 is 14.3 Å². The lowest BCUT2D eigenvalue weighted by Crippen LogP contribution is -2.24. The maximum Gasteiger partial charge on any atom is 0.276 e. The molecule has 0 atom stereocenters. The van der Waals surface area contributed by atoms with E-state index in [0.717, 1.165) is 41.4 Å². The fourth-order valence-corrected chi connectivity index (χ4v) is 3.39. The number of benzene rings is 1. The Morgan fingerprint density at radius 3 is 2.91 bits per heavy atom. The number of fused-ring (bicyclic) bond motifs is 5. The third-order valence-corrected chi connectivity index (χ3v) is 4.54. The van der Waals surface area contributed by atoms with Crippen LogP contribution in [0.5, 0.6) is 5.75 Å². The predicted octanol–water partition coefficient (Wildman–Crippen LogP) is 2.57. The van der Waals surface area contributed by atoms with Crippen molar-refractivity contribution < 1.29 is 4.74 Å². The number of methoxy groups -OCH3 is 1. The Labute approximate surface area is 127 Å². The lowest BCUT2D eigenvalue weighted by Gasteiger charge is -2.22. The normalized spacial score (nSPS) is 13.0. The van der Waals surface area contributed by atoms with E-state index >= 15 is 0 Å². The molecule has 1 N–H and O–H groups in total. The molecule has 0 unspecified atom stereocenters. The van der Waals surface area contributed by atoms with Gasteiger partial charge in [-0.2, -0.15) is 4.98 Å². The molecule has 3 heterocycles. The van der Waals surface area contributed by atoms with Gasteiger partial charge in [0.05, 0.1) is 18.5 Å². The molecular formula is C17H17N3O2. The summed E-state index contributed by atoms with van der Waals surface area (Å²) in [6.45, 7) is 4.58. The lowest BCUT2D eigenvalue weighted by molar-refractivity contribution is 0.415. The molecule has 3 aromatic rings. The summed E-state index contributed by atoms with van der Waals surface area (Å²) in [6, 6.07) is 6.03. The van der Waals surface area contributed by atoms with Gasteiger partial charge >= 0.3 is 0 Å². The third kappa shape index (κ3) is 1.65. The van der Waals surface area contributed by atoms with Crippen LogP contribution in [-0.2, 0) is 13.0 Å². The average Bonchev–Trinajstić information content (AvgIpc) is 2.89. The first-order valence-corrected chi connectivity index (χ1v) is 7.37. The highest BCUT2D eigenvalue weighted by molar-refractivity contribution is 5.92. The number of hydrogen-bond acceptors (Lipinski definition) is 3. The first kappa shape index (κ1) is 13.1. The van der Waals surface area contributed by atoms with E-state index in [9.17, 15) is 4.79 Å². The minimum atomic E-state index is -0.146. The second-order valence-electron chi connectivity index (χ2n) is 5.73. The molecule has 1 aromatic carbocycles. The Bertz CT molecular complexity index is 966. The van der Waals surface area contributed by atoms with Crippen molar-refractivity contribution in [2.45, 2.75) is 26.8 Å². The highest BCUT2D eigenvalue weighted by atomic mass is 16.5. The van der Waals surface area contributed by atoms with E-state index in [1.807, 2.05) is 26.0 Å².